The summed E-state index contributed by atoms with van der Waals surface area (Å²) in [6.45, 7) is 7.68. The molecule has 7 atom stereocenters. The smallest absolute Gasteiger partial charge is 0.192 e. The molecule has 5 aliphatic rings. The van der Waals surface area contributed by atoms with Gasteiger partial charge < -0.3 is 0 Å². The second-order valence-electron chi connectivity index (χ2n) is 13.9. The highest BCUT2D eigenvalue weighted by molar-refractivity contribution is 8.14. The van der Waals surface area contributed by atoms with Crippen LogP contribution in [0.1, 0.15) is 143 Å². The number of fused-ring (bicyclic) bond motifs is 5. The molecule has 1 nitrogen and oxygen atoms in total. The SMILES string of the molecule is CCCCCCCC[C@H]1CC[C@H]2[C@@H]3CC=C4C[C@@H](SC(=O)C5CCCC5)CC[C@]4(C)[C@H]3CC[C@]12C. The molecule has 4 saturated carbocycles. The van der Waals surface area contributed by atoms with Gasteiger partial charge in [-0.05, 0) is 105 Å². The summed E-state index contributed by atoms with van der Waals surface area (Å²) < 4.78 is 0. The van der Waals surface area contributed by atoms with E-state index in [9.17, 15) is 4.79 Å². The largest absolute Gasteiger partial charge is 0.287 e. The van der Waals surface area contributed by atoms with Crippen molar-refractivity contribution in [1.82, 2.24) is 0 Å². The Bertz CT molecular complexity index is 765. The fourth-order valence-electron chi connectivity index (χ4n) is 9.90. The lowest BCUT2D eigenvalue weighted by Crippen LogP contribution is -2.50. The minimum absolute atomic E-state index is 0.376. The number of hydrogen-bond acceptors (Lipinski definition) is 2. The third-order valence-electron chi connectivity index (χ3n) is 12.1. The Kier molecular flexibility index (Phi) is 8.47. The Labute approximate surface area is 221 Å². The summed E-state index contributed by atoms with van der Waals surface area (Å²) in [5, 5.41) is 1.09. The number of carbonyl (C=O) groups is 1. The molecule has 0 aromatic carbocycles. The molecule has 0 bridgehead atoms. The molecule has 0 aliphatic heterocycles. The standard InChI is InChI=1S/C33H54OS/c1-4-5-6-7-8-9-14-25-16-18-29-28-17-15-26-23-27(35-31(34)24-12-10-11-13-24)19-21-33(26,3)30(28)20-22-32(25,29)2/h15,24-25,27-30H,4-14,16-23H2,1-3H3/t25-,27-,28-,29-,30-,32+,33-/m0/s1. The van der Waals surface area contributed by atoms with E-state index in [1.807, 2.05) is 0 Å². The van der Waals surface area contributed by atoms with Gasteiger partial charge in [0.15, 0.2) is 5.12 Å². The van der Waals surface area contributed by atoms with Gasteiger partial charge in [0, 0.05) is 11.2 Å². The minimum atomic E-state index is 0.376. The van der Waals surface area contributed by atoms with Crippen LogP contribution in [-0.2, 0) is 4.79 Å². The maximum absolute atomic E-state index is 12.9. The van der Waals surface area contributed by atoms with Crippen LogP contribution in [0, 0.1) is 40.4 Å². The Morgan fingerprint density at radius 1 is 0.914 bits per heavy atom. The van der Waals surface area contributed by atoms with Crippen molar-refractivity contribution >= 4 is 16.9 Å². The van der Waals surface area contributed by atoms with E-state index in [0.29, 0.717) is 27.1 Å². The molecule has 0 heterocycles. The minimum Gasteiger partial charge on any atom is -0.287 e. The van der Waals surface area contributed by atoms with Gasteiger partial charge in [-0.25, -0.2) is 0 Å². The number of allylic oxidation sites excluding steroid dienone is 2. The Morgan fingerprint density at radius 3 is 2.49 bits per heavy atom. The van der Waals surface area contributed by atoms with Crippen LogP contribution < -0.4 is 0 Å². The number of rotatable bonds is 9. The number of thioether (sulfide) groups is 1. The molecule has 5 aliphatic carbocycles. The zero-order valence-electron chi connectivity index (χ0n) is 23.3. The maximum atomic E-state index is 12.9. The highest BCUT2D eigenvalue weighted by atomic mass is 32.2. The van der Waals surface area contributed by atoms with E-state index in [-0.39, 0.29) is 0 Å². The van der Waals surface area contributed by atoms with E-state index in [0.717, 1.165) is 36.5 Å². The summed E-state index contributed by atoms with van der Waals surface area (Å²) >= 11 is 1.75. The molecule has 198 valence electrons. The van der Waals surface area contributed by atoms with E-state index in [1.165, 1.54) is 109 Å². The zero-order chi connectivity index (χ0) is 24.5. The first-order valence-electron chi connectivity index (χ1n) is 15.9. The number of hydrogen-bond donors (Lipinski definition) is 0. The van der Waals surface area contributed by atoms with Crippen molar-refractivity contribution in [3.8, 4) is 0 Å². The van der Waals surface area contributed by atoms with Gasteiger partial charge in [-0.3, -0.25) is 4.79 Å². The molecule has 0 spiro atoms. The lowest BCUT2D eigenvalue weighted by Gasteiger charge is -2.58. The quantitative estimate of drug-likeness (QED) is 0.232. The summed E-state index contributed by atoms with van der Waals surface area (Å²) in [5.41, 5.74) is 2.80. The van der Waals surface area contributed by atoms with Gasteiger partial charge in [-0.1, -0.05) is 95.5 Å². The first-order chi connectivity index (χ1) is 17.0. The van der Waals surface area contributed by atoms with Crippen LogP contribution in [-0.4, -0.2) is 10.4 Å². The molecule has 0 N–H and O–H groups in total. The molecule has 0 radical (unpaired) electrons. The molecule has 2 heteroatoms. The van der Waals surface area contributed by atoms with Gasteiger partial charge in [0.1, 0.15) is 0 Å². The van der Waals surface area contributed by atoms with Gasteiger partial charge >= 0.3 is 0 Å². The second kappa shape index (κ2) is 11.2. The van der Waals surface area contributed by atoms with Crippen molar-refractivity contribution in [1.29, 1.82) is 0 Å². The third kappa shape index (κ3) is 5.22. The lowest BCUT2D eigenvalue weighted by molar-refractivity contribution is -0.114. The van der Waals surface area contributed by atoms with E-state index in [4.69, 9.17) is 0 Å². The molecule has 0 aromatic rings. The van der Waals surface area contributed by atoms with Crippen LogP contribution in [0.3, 0.4) is 0 Å². The van der Waals surface area contributed by atoms with Crippen molar-refractivity contribution in [2.24, 2.45) is 40.4 Å². The van der Waals surface area contributed by atoms with E-state index in [2.05, 4.69) is 26.8 Å². The molecule has 0 saturated heterocycles. The average Bonchev–Trinajstić information content (AvgIpc) is 3.50. The van der Waals surface area contributed by atoms with Gasteiger partial charge in [-0.15, -0.1) is 0 Å². The maximum Gasteiger partial charge on any atom is 0.192 e. The lowest BCUT2D eigenvalue weighted by atomic mass is 9.47. The fourth-order valence-corrected chi connectivity index (χ4v) is 11.2. The van der Waals surface area contributed by atoms with Crippen molar-refractivity contribution in [2.75, 3.05) is 0 Å². The van der Waals surface area contributed by atoms with Gasteiger partial charge in [-0.2, -0.15) is 0 Å². The summed E-state index contributed by atoms with van der Waals surface area (Å²) in [6, 6.07) is 0. The molecule has 35 heavy (non-hydrogen) atoms. The van der Waals surface area contributed by atoms with E-state index in [1.54, 1.807) is 17.3 Å². The van der Waals surface area contributed by atoms with Gasteiger partial charge in [0.25, 0.3) is 0 Å². The predicted octanol–water partition coefficient (Wildman–Crippen LogP) is 10.1. The third-order valence-corrected chi connectivity index (χ3v) is 13.4. The Morgan fingerprint density at radius 2 is 1.69 bits per heavy atom. The molecule has 0 unspecified atom stereocenters. The highest BCUT2D eigenvalue weighted by Crippen LogP contribution is 2.67. The van der Waals surface area contributed by atoms with Crippen LogP contribution in [0.4, 0.5) is 0 Å². The Hall–Kier alpha value is -0.240. The van der Waals surface area contributed by atoms with Crippen molar-refractivity contribution in [3.63, 3.8) is 0 Å². The second-order valence-corrected chi connectivity index (χ2v) is 15.2. The van der Waals surface area contributed by atoms with Crippen molar-refractivity contribution < 1.29 is 4.79 Å². The summed E-state index contributed by atoms with van der Waals surface area (Å²) in [4.78, 5) is 12.9. The Balaban J connectivity index is 1.19. The van der Waals surface area contributed by atoms with Gasteiger partial charge in [0.05, 0.1) is 0 Å². The van der Waals surface area contributed by atoms with Crippen LogP contribution in [0.5, 0.6) is 0 Å². The van der Waals surface area contributed by atoms with Crippen LogP contribution in [0.25, 0.3) is 0 Å². The first kappa shape index (κ1) is 26.4. The molecule has 4 fully saturated rings. The highest BCUT2D eigenvalue weighted by Gasteiger charge is 2.58. The van der Waals surface area contributed by atoms with Crippen LogP contribution in [0.2, 0.25) is 0 Å². The molecule has 5 rings (SSSR count). The summed E-state index contributed by atoms with van der Waals surface area (Å²) in [6.07, 6.45) is 28.8. The van der Waals surface area contributed by atoms with Crippen molar-refractivity contribution in [2.45, 2.75) is 148 Å². The average molecular weight is 499 g/mol. The molecular weight excluding hydrogens is 444 g/mol. The number of carbonyl (C=O) groups excluding carboxylic acids is 1. The van der Waals surface area contributed by atoms with E-state index < -0.39 is 0 Å². The summed E-state index contributed by atoms with van der Waals surface area (Å²) in [7, 11) is 0. The fraction of sp³-hybridized carbons (Fsp3) is 0.909. The summed E-state index contributed by atoms with van der Waals surface area (Å²) in [5.74, 6) is 4.18. The van der Waals surface area contributed by atoms with Crippen LogP contribution in [0.15, 0.2) is 11.6 Å². The zero-order valence-corrected chi connectivity index (χ0v) is 24.1. The van der Waals surface area contributed by atoms with Crippen LogP contribution >= 0.6 is 11.8 Å². The number of unbranched alkanes of at least 4 members (excludes halogenated alkanes) is 5. The van der Waals surface area contributed by atoms with Crippen molar-refractivity contribution in [3.05, 3.63) is 11.6 Å². The normalized spacial score (nSPS) is 41.2. The molecular formula is C33H54OS. The van der Waals surface area contributed by atoms with E-state index >= 15 is 0 Å². The topological polar surface area (TPSA) is 17.1 Å². The predicted molar refractivity (Wildman–Crippen MR) is 152 cm³/mol. The first-order valence-corrected chi connectivity index (χ1v) is 16.7. The van der Waals surface area contributed by atoms with Gasteiger partial charge in [0.2, 0.25) is 0 Å². The monoisotopic (exact) mass is 498 g/mol. The molecule has 0 amide bonds. The molecule has 0 aromatic heterocycles.